The first-order valence-corrected chi connectivity index (χ1v) is 11.1. The Bertz CT molecular complexity index is 1170. The lowest BCUT2D eigenvalue weighted by molar-refractivity contribution is -0.131. The third-order valence-corrected chi connectivity index (χ3v) is 6.37. The molecular formula is C24H30N6O2. The van der Waals surface area contributed by atoms with Gasteiger partial charge in [-0.2, -0.15) is 5.10 Å². The first kappa shape index (κ1) is 21.8. The van der Waals surface area contributed by atoms with Gasteiger partial charge in [-0.3, -0.25) is 14.6 Å². The van der Waals surface area contributed by atoms with E-state index in [9.17, 15) is 9.59 Å². The summed E-state index contributed by atoms with van der Waals surface area (Å²) in [7, 11) is 0. The van der Waals surface area contributed by atoms with Crippen LogP contribution in [0.25, 0.3) is 5.95 Å². The molecule has 1 saturated heterocycles. The van der Waals surface area contributed by atoms with Gasteiger partial charge in [0, 0.05) is 55.2 Å². The molecule has 168 valence electrons. The van der Waals surface area contributed by atoms with E-state index in [4.69, 9.17) is 0 Å². The molecule has 32 heavy (non-hydrogen) atoms. The number of carbonyl (C=O) groups excluding carboxylic acids is 1. The number of hydrogen-bond acceptors (Lipinski definition) is 5. The summed E-state index contributed by atoms with van der Waals surface area (Å²) in [5.41, 5.74) is 5.11. The molecule has 1 aromatic carbocycles. The number of rotatable bonds is 5. The molecule has 4 rings (SSSR count). The van der Waals surface area contributed by atoms with Crippen molar-refractivity contribution in [3.05, 3.63) is 68.9 Å². The van der Waals surface area contributed by atoms with Crippen LogP contribution < -0.4 is 10.5 Å². The van der Waals surface area contributed by atoms with Gasteiger partial charge in [0.2, 0.25) is 11.9 Å². The predicted octanol–water partition coefficient (Wildman–Crippen LogP) is 2.47. The monoisotopic (exact) mass is 434 g/mol. The summed E-state index contributed by atoms with van der Waals surface area (Å²) in [5, 5.41) is 4.58. The Hall–Kier alpha value is -3.42. The maximum atomic E-state index is 12.9. The molecule has 3 aromatic rings. The van der Waals surface area contributed by atoms with Gasteiger partial charge in [-0.1, -0.05) is 18.2 Å². The van der Waals surface area contributed by atoms with Gasteiger partial charge in [-0.15, -0.1) is 0 Å². The van der Waals surface area contributed by atoms with Crippen molar-refractivity contribution < 1.29 is 4.79 Å². The summed E-state index contributed by atoms with van der Waals surface area (Å²) in [6, 6.07) is 10.3. The number of nitrogens with zero attached hydrogens (tertiary/aromatic N) is 5. The second kappa shape index (κ2) is 8.98. The number of benzene rings is 1. The Balaban J connectivity index is 1.40. The Labute approximate surface area is 187 Å². The van der Waals surface area contributed by atoms with E-state index >= 15 is 0 Å². The highest BCUT2D eigenvalue weighted by Gasteiger charge is 2.22. The zero-order valence-electron chi connectivity index (χ0n) is 19.2. The minimum absolute atomic E-state index is 0.161. The standard InChI is InChI=1S/C24H30N6O2/c1-16-17(2)25-24(26-23(16)32)30-19(4)21(18(3)27-30)10-11-22(31)29-14-12-28(13-15-29)20-8-6-5-7-9-20/h5-9H,10-15H2,1-4H3,(H,25,26,32). The van der Waals surface area contributed by atoms with E-state index in [0.717, 1.165) is 43.1 Å². The topological polar surface area (TPSA) is 87.1 Å². The van der Waals surface area contributed by atoms with Crippen LogP contribution in [0, 0.1) is 27.7 Å². The molecule has 1 amide bonds. The van der Waals surface area contributed by atoms with E-state index in [-0.39, 0.29) is 11.5 Å². The summed E-state index contributed by atoms with van der Waals surface area (Å²) in [6.07, 6.45) is 1.06. The normalized spacial score (nSPS) is 14.1. The van der Waals surface area contributed by atoms with Gasteiger partial charge in [0.25, 0.3) is 5.56 Å². The number of para-hydroxylation sites is 1. The largest absolute Gasteiger partial charge is 0.368 e. The number of carbonyl (C=O) groups is 1. The number of nitrogens with one attached hydrogen (secondary N) is 1. The highest BCUT2D eigenvalue weighted by molar-refractivity contribution is 5.77. The van der Waals surface area contributed by atoms with Crippen molar-refractivity contribution in [1.82, 2.24) is 24.6 Å². The van der Waals surface area contributed by atoms with E-state index in [0.29, 0.717) is 30.0 Å². The average Bonchev–Trinajstić information content (AvgIpc) is 3.09. The molecule has 0 saturated carbocycles. The third kappa shape index (κ3) is 4.30. The Morgan fingerprint density at radius 3 is 2.34 bits per heavy atom. The van der Waals surface area contributed by atoms with Gasteiger partial charge in [-0.05, 0) is 51.8 Å². The molecule has 2 aromatic heterocycles. The number of aromatic amines is 1. The molecule has 0 radical (unpaired) electrons. The maximum absolute atomic E-state index is 12.9. The number of aromatic nitrogens is 4. The van der Waals surface area contributed by atoms with Crippen LogP contribution in [0.3, 0.4) is 0 Å². The number of H-pyrrole nitrogens is 1. The van der Waals surface area contributed by atoms with Gasteiger partial charge in [-0.25, -0.2) is 9.67 Å². The number of anilines is 1. The van der Waals surface area contributed by atoms with Gasteiger partial charge < -0.3 is 9.80 Å². The molecule has 0 unspecified atom stereocenters. The number of hydrogen-bond donors (Lipinski definition) is 1. The smallest absolute Gasteiger partial charge is 0.255 e. The number of piperazine rings is 1. The first-order chi connectivity index (χ1) is 15.3. The van der Waals surface area contributed by atoms with Crippen molar-refractivity contribution in [2.45, 2.75) is 40.5 Å². The van der Waals surface area contributed by atoms with Crippen LogP contribution in [-0.4, -0.2) is 56.7 Å². The van der Waals surface area contributed by atoms with Crippen LogP contribution in [0.15, 0.2) is 35.1 Å². The first-order valence-electron chi connectivity index (χ1n) is 11.1. The lowest BCUT2D eigenvalue weighted by Gasteiger charge is -2.36. The predicted molar refractivity (Wildman–Crippen MR) is 124 cm³/mol. The van der Waals surface area contributed by atoms with Crippen molar-refractivity contribution in [3.63, 3.8) is 0 Å². The Morgan fingerprint density at radius 1 is 1.00 bits per heavy atom. The van der Waals surface area contributed by atoms with E-state index in [1.54, 1.807) is 11.6 Å². The van der Waals surface area contributed by atoms with Gasteiger partial charge in [0.1, 0.15) is 0 Å². The van der Waals surface area contributed by atoms with Gasteiger partial charge in [0.05, 0.1) is 5.69 Å². The average molecular weight is 435 g/mol. The minimum Gasteiger partial charge on any atom is -0.368 e. The fourth-order valence-electron chi connectivity index (χ4n) is 4.22. The van der Waals surface area contributed by atoms with Crippen molar-refractivity contribution in [2.24, 2.45) is 0 Å². The molecule has 0 bridgehead atoms. The van der Waals surface area contributed by atoms with Crippen molar-refractivity contribution in [1.29, 1.82) is 0 Å². The summed E-state index contributed by atoms with van der Waals surface area (Å²) in [4.78, 5) is 36.6. The van der Waals surface area contributed by atoms with Gasteiger partial charge >= 0.3 is 0 Å². The Kier molecular flexibility index (Phi) is 6.12. The van der Waals surface area contributed by atoms with Crippen LogP contribution in [0.5, 0.6) is 0 Å². The Morgan fingerprint density at radius 2 is 1.69 bits per heavy atom. The molecule has 8 nitrogen and oxygen atoms in total. The van der Waals surface area contributed by atoms with Crippen LogP contribution in [0.2, 0.25) is 0 Å². The molecule has 0 spiro atoms. The van der Waals surface area contributed by atoms with Crippen LogP contribution in [-0.2, 0) is 11.2 Å². The molecule has 1 aliphatic heterocycles. The van der Waals surface area contributed by atoms with Gasteiger partial charge in [0.15, 0.2) is 0 Å². The number of amides is 1. The molecule has 3 heterocycles. The van der Waals surface area contributed by atoms with E-state index in [1.807, 2.05) is 43.9 Å². The quantitative estimate of drug-likeness (QED) is 0.667. The fraction of sp³-hybridized carbons (Fsp3) is 0.417. The number of aryl methyl sites for hydroxylation is 2. The van der Waals surface area contributed by atoms with Crippen LogP contribution in [0.1, 0.15) is 34.6 Å². The van der Waals surface area contributed by atoms with Crippen molar-refractivity contribution in [3.8, 4) is 5.95 Å². The SMILES string of the molecule is Cc1nn(-c2nc(C)c(C)c(=O)[nH]2)c(C)c1CCC(=O)N1CCN(c2ccccc2)CC1. The lowest BCUT2D eigenvalue weighted by atomic mass is 10.1. The summed E-state index contributed by atoms with van der Waals surface area (Å²) < 4.78 is 1.67. The van der Waals surface area contributed by atoms with Crippen LogP contribution in [0.4, 0.5) is 5.69 Å². The highest BCUT2D eigenvalue weighted by atomic mass is 16.2. The van der Waals surface area contributed by atoms with E-state index in [2.05, 4.69) is 32.1 Å². The van der Waals surface area contributed by atoms with Crippen molar-refractivity contribution >= 4 is 11.6 Å². The second-order valence-electron chi connectivity index (χ2n) is 8.36. The summed E-state index contributed by atoms with van der Waals surface area (Å²) in [6.45, 7) is 10.6. The van der Waals surface area contributed by atoms with Crippen LogP contribution >= 0.6 is 0 Å². The molecular weight excluding hydrogens is 404 g/mol. The molecule has 1 aliphatic rings. The molecule has 0 atom stereocenters. The summed E-state index contributed by atoms with van der Waals surface area (Å²) in [5.74, 6) is 0.579. The minimum atomic E-state index is -0.161. The van der Waals surface area contributed by atoms with Crippen molar-refractivity contribution in [2.75, 3.05) is 31.1 Å². The summed E-state index contributed by atoms with van der Waals surface area (Å²) >= 11 is 0. The third-order valence-electron chi connectivity index (χ3n) is 6.37. The lowest BCUT2D eigenvalue weighted by Crippen LogP contribution is -2.48. The molecule has 1 N–H and O–H groups in total. The highest BCUT2D eigenvalue weighted by Crippen LogP contribution is 2.19. The zero-order valence-corrected chi connectivity index (χ0v) is 19.2. The fourth-order valence-corrected chi connectivity index (χ4v) is 4.22. The van der Waals surface area contributed by atoms with E-state index in [1.165, 1.54) is 5.69 Å². The zero-order chi connectivity index (χ0) is 22.8. The second-order valence-corrected chi connectivity index (χ2v) is 8.36. The molecule has 8 heteroatoms. The molecule has 0 aliphatic carbocycles. The maximum Gasteiger partial charge on any atom is 0.255 e. The van der Waals surface area contributed by atoms with E-state index < -0.39 is 0 Å². The molecule has 1 fully saturated rings.